The number of hydrogen-bond acceptors (Lipinski definition) is 4. The summed E-state index contributed by atoms with van der Waals surface area (Å²) in [5.41, 5.74) is 2.23. The van der Waals surface area contributed by atoms with Crippen molar-refractivity contribution in [2.75, 3.05) is 6.61 Å². The molecule has 1 amide bonds. The molecule has 2 aromatic carbocycles. The van der Waals surface area contributed by atoms with E-state index in [-0.39, 0.29) is 23.3 Å². The van der Waals surface area contributed by atoms with Gasteiger partial charge in [0.2, 0.25) is 0 Å². The van der Waals surface area contributed by atoms with Crippen LogP contribution in [0.3, 0.4) is 0 Å². The van der Waals surface area contributed by atoms with Crippen molar-refractivity contribution in [2.24, 2.45) is 0 Å². The summed E-state index contributed by atoms with van der Waals surface area (Å²) in [6, 6.07) is 10.4. The van der Waals surface area contributed by atoms with Crippen LogP contribution in [0.25, 0.3) is 0 Å². The highest BCUT2D eigenvalue weighted by Gasteiger charge is 2.22. The summed E-state index contributed by atoms with van der Waals surface area (Å²) < 4.78 is 11.5. The second-order valence-electron chi connectivity index (χ2n) is 5.83. The van der Waals surface area contributed by atoms with Crippen LogP contribution in [0.1, 0.15) is 35.3 Å². The fourth-order valence-electron chi connectivity index (χ4n) is 2.85. The van der Waals surface area contributed by atoms with E-state index in [4.69, 9.17) is 9.47 Å². The summed E-state index contributed by atoms with van der Waals surface area (Å²) in [5.74, 6) is 1.24. The van der Waals surface area contributed by atoms with E-state index in [1.54, 1.807) is 18.2 Å². The summed E-state index contributed by atoms with van der Waals surface area (Å²) in [7, 11) is 0. The lowest BCUT2D eigenvalue weighted by molar-refractivity contribution is 0.0948. The Morgan fingerprint density at radius 2 is 2.17 bits per heavy atom. The second-order valence-corrected chi connectivity index (χ2v) is 5.83. The van der Waals surface area contributed by atoms with E-state index in [1.807, 2.05) is 26.0 Å². The zero-order chi connectivity index (χ0) is 17.1. The molecule has 0 aromatic heterocycles. The van der Waals surface area contributed by atoms with Gasteiger partial charge in [-0.15, -0.1) is 0 Å². The highest BCUT2D eigenvalue weighted by molar-refractivity contribution is 5.96. The highest BCUT2D eigenvalue weighted by Crippen LogP contribution is 2.35. The molecule has 0 saturated carbocycles. The lowest BCUT2D eigenvalue weighted by Gasteiger charge is -2.13. The Bertz CT molecular complexity index is 757. The van der Waals surface area contributed by atoms with Crippen LogP contribution < -0.4 is 14.8 Å². The van der Waals surface area contributed by atoms with Gasteiger partial charge in [0.1, 0.15) is 23.4 Å². The molecule has 0 aliphatic carbocycles. The van der Waals surface area contributed by atoms with Crippen LogP contribution in [0.5, 0.6) is 17.2 Å². The number of para-hydroxylation sites is 1. The zero-order valence-electron chi connectivity index (χ0n) is 13.8. The Labute approximate surface area is 141 Å². The number of hydrogen-bond donors (Lipinski definition) is 2. The quantitative estimate of drug-likeness (QED) is 0.886. The van der Waals surface area contributed by atoms with Crippen molar-refractivity contribution in [1.29, 1.82) is 0 Å². The number of nitrogens with one attached hydrogen (secondary N) is 1. The molecule has 5 heteroatoms. The first-order valence-electron chi connectivity index (χ1n) is 8.10. The van der Waals surface area contributed by atoms with E-state index in [2.05, 4.69) is 5.32 Å². The number of rotatable bonds is 5. The van der Waals surface area contributed by atoms with Crippen molar-refractivity contribution >= 4 is 5.91 Å². The molecule has 3 rings (SSSR count). The third-order valence-corrected chi connectivity index (χ3v) is 3.97. The molecule has 126 valence electrons. The van der Waals surface area contributed by atoms with Gasteiger partial charge in [0.05, 0.1) is 12.2 Å². The number of aromatic hydroxyl groups is 1. The topological polar surface area (TPSA) is 67.8 Å². The van der Waals surface area contributed by atoms with Crippen molar-refractivity contribution in [3.8, 4) is 17.2 Å². The zero-order valence-corrected chi connectivity index (χ0v) is 13.8. The predicted octanol–water partition coefficient (Wildman–Crippen LogP) is 3.04. The Hall–Kier alpha value is -2.69. The summed E-state index contributed by atoms with van der Waals surface area (Å²) in [6.07, 6.45) is 1.01. The predicted molar refractivity (Wildman–Crippen MR) is 90.7 cm³/mol. The molecule has 0 radical (unpaired) electrons. The standard InChI is InChI=1S/C19H21NO4/c1-3-23-17-9-13-8-12(2)24-18(13)10-14(17)11-20-19(22)15-6-4-5-7-16(15)21/h4-7,9-10,12,21H,3,8,11H2,1-2H3,(H,20,22). The molecule has 1 aliphatic rings. The SMILES string of the molecule is CCOc1cc2c(cc1CNC(=O)c1ccccc1O)OC(C)C2. The number of carbonyl (C=O) groups excluding carboxylic acids is 1. The summed E-state index contributed by atoms with van der Waals surface area (Å²) in [6.45, 7) is 4.81. The van der Waals surface area contributed by atoms with E-state index in [0.717, 1.165) is 29.0 Å². The Kier molecular flexibility index (Phi) is 4.60. The number of ether oxygens (including phenoxy) is 2. The molecule has 0 fully saturated rings. The summed E-state index contributed by atoms with van der Waals surface area (Å²) in [4.78, 5) is 12.3. The third-order valence-electron chi connectivity index (χ3n) is 3.97. The first-order valence-corrected chi connectivity index (χ1v) is 8.10. The summed E-state index contributed by atoms with van der Waals surface area (Å²) in [5, 5.41) is 12.6. The van der Waals surface area contributed by atoms with Gasteiger partial charge in [-0.25, -0.2) is 0 Å². The van der Waals surface area contributed by atoms with Gasteiger partial charge in [0.25, 0.3) is 5.91 Å². The molecule has 1 atom stereocenters. The third kappa shape index (κ3) is 3.30. The van der Waals surface area contributed by atoms with Gasteiger partial charge >= 0.3 is 0 Å². The molecule has 0 bridgehead atoms. The van der Waals surface area contributed by atoms with Crippen LogP contribution in [0.2, 0.25) is 0 Å². The van der Waals surface area contributed by atoms with Gasteiger partial charge in [-0.05, 0) is 38.1 Å². The number of phenolic OH excluding ortho intramolecular Hbond substituents is 1. The van der Waals surface area contributed by atoms with E-state index in [9.17, 15) is 9.90 Å². The number of amides is 1. The highest BCUT2D eigenvalue weighted by atomic mass is 16.5. The molecule has 1 heterocycles. The molecule has 2 aromatic rings. The van der Waals surface area contributed by atoms with Crippen molar-refractivity contribution < 1.29 is 19.4 Å². The molecular formula is C19H21NO4. The van der Waals surface area contributed by atoms with Crippen LogP contribution >= 0.6 is 0 Å². The molecule has 1 unspecified atom stereocenters. The normalized spacial score (nSPS) is 15.5. The summed E-state index contributed by atoms with van der Waals surface area (Å²) >= 11 is 0. The van der Waals surface area contributed by atoms with Crippen molar-refractivity contribution in [1.82, 2.24) is 5.32 Å². The van der Waals surface area contributed by atoms with Crippen molar-refractivity contribution in [3.05, 3.63) is 53.1 Å². The molecule has 0 spiro atoms. The van der Waals surface area contributed by atoms with Gasteiger partial charge < -0.3 is 19.9 Å². The number of fused-ring (bicyclic) bond motifs is 1. The van der Waals surface area contributed by atoms with Crippen LogP contribution in [-0.2, 0) is 13.0 Å². The van der Waals surface area contributed by atoms with Crippen molar-refractivity contribution in [3.63, 3.8) is 0 Å². The smallest absolute Gasteiger partial charge is 0.255 e. The van der Waals surface area contributed by atoms with Gasteiger partial charge in [-0.1, -0.05) is 12.1 Å². The lowest BCUT2D eigenvalue weighted by atomic mass is 10.1. The minimum absolute atomic E-state index is 0.0360. The Morgan fingerprint density at radius 1 is 1.38 bits per heavy atom. The fraction of sp³-hybridized carbons (Fsp3) is 0.316. The first kappa shape index (κ1) is 16.2. The number of benzene rings is 2. The molecular weight excluding hydrogens is 306 g/mol. The minimum atomic E-state index is -0.328. The van der Waals surface area contributed by atoms with E-state index in [0.29, 0.717) is 13.2 Å². The largest absolute Gasteiger partial charge is 0.507 e. The Balaban J connectivity index is 1.78. The van der Waals surface area contributed by atoms with Gasteiger partial charge in [0, 0.05) is 24.1 Å². The van der Waals surface area contributed by atoms with Crippen LogP contribution in [0.4, 0.5) is 0 Å². The molecule has 2 N–H and O–H groups in total. The number of carbonyl (C=O) groups is 1. The molecule has 24 heavy (non-hydrogen) atoms. The van der Waals surface area contributed by atoms with Gasteiger partial charge in [-0.3, -0.25) is 4.79 Å². The van der Waals surface area contributed by atoms with Gasteiger partial charge in [-0.2, -0.15) is 0 Å². The Morgan fingerprint density at radius 3 is 2.92 bits per heavy atom. The maximum Gasteiger partial charge on any atom is 0.255 e. The van der Waals surface area contributed by atoms with Crippen LogP contribution in [0.15, 0.2) is 36.4 Å². The molecule has 5 nitrogen and oxygen atoms in total. The maximum atomic E-state index is 12.3. The van der Waals surface area contributed by atoms with Crippen LogP contribution in [0, 0.1) is 0 Å². The maximum absolute atomic E-state index is 12.3. The lowest BCUT2D eigenvalue weighted by Crippen LogP contribution is -2.23. The van der Waals surface area contributed by atoms with E-state index >= 15 is 0 Å². The first-order chi connectivity index (χ1) is 11.6. The molecule has 0 saturated heterocycles. The van der Waals surface area contributed by atoms with Gasteiger partial charge in [0.15, 0.2) is 0 Å². The average Bonchev–Trinajstić information content (AvgIpc) is 2.92. The monoisotopic (exact) mass is 327 g/mol. The average molecular weight is 327 g/mol. The number of phenols is 1. The van der Waals surface area contributed by atoms with E-state index in [1.165, 1.54) is 6.07 Å². The minimum Gasteiger partial charge on any atom is -0.507 e. The van der Waals surface area contributed by atoms with Crippen molar-refractivity contribution in [2.45, 2.75) is 32.9 Å². The van der Waals surface area contributed by atoms with Crippen LogP contribution in [-0.4, -0.2) is 23.7 Å². The molecule has 1 aliphatic heterocycles. The second kappa shape index (κ2) is 6.83. The fourth-order valence-corrected chi connectivity index (χ4v) is 2.85. The van der Waals surface area contributed by atoms with E-state index < -0.39 is 0 Å².